The molecule has 0 aromatic heterocycles. The fourth-order valence-corrected chi connectivity index (χ4v) is 5.04. The minimum Gasteiger partial charge on any atom is -0.392 e. The summed E-state index contributed by atoms with van der Waals surface area (Å²) in [6.07, 6.45) is 5.29. The summed E-state index contributed by atoms with van der Waals surface area (Å²) in [5, 5.41) is 10.3. The summed E-state index contributed by atoms with van der Waals surface area (Å²) in [6, 6.07) is 0. The number of fused-ring (bicyclic) bond motifs is 2. The van der Waals surface area contributed by atoms with Crippen molar-refractivity contribution in [3.05, 3.63) is 11.6 Å². The molecule has 0 aliphatic heterocycles. The molecule has 4 aliphatic rings. The Balaban J connectivity index is 2.18. The summed E-state index contributed by atoms with van der Waals surface area (Å²) < 4.78 is 0. The molecular weight excluding hydrogens is 292 g/mol. The van der Waals surface area contributed by atoms with Crippen LogP contribution in [0.4, 0.5) is 0 Å². The smallest absolute Gasteiger partial charge is 0.143 e. The molecular formula is C15H21BrO2. The molecule has 0 aromatic rings. The van der Waals surface area contributed by atoms with Gasteiger partial charge < -0.3 is 5.11 Å². The van der Waals surface area contributed by atoms with Gasteiger partial charge in [-0.1, -0.05) is 41.4 Å². The lowest BCUT2D eigenvalue weighted by molar-refractivity contribution is -0.140. The number of carbonyl (C=O) groups is 1. The van der Waals surface area contributed by atoms with E-state index in [4.69, 9.17) is 0 Å². The second kappa shape index (κ2) is 3.49. The number of hydrogen-bond acceptors (Lipinski definition) is 2. The van der Waals surface area contributed by atoms with Gasteiger partial charge in [-0.25, -0.2) is 0 Å². The van der Waals surface area contributed by atoms with Gasteiger partial charge in [-0.05, 0) is 31.6 Å². The van der Waals surface area contributed by atoms with Crippen molar-refractivity contribution in [1.29, 1.82) is 0 Å². The van der Waals surface area contributed by atoms with E-state index in [1.54, 1.807) is 0 Å². The van der Waals surface area contributed by atoms with E-state index in [0.29, 0.717) is 12.2 Å². The quantitative estimate of drug-likeness (QED) is 0.551. The molecule has 4 rings (SSSR count). The number of allylic oxidation sites excluding steroid dienone is 1. The van der Waals surface area contributed by atoms with Crippen LogP contribution in [0.25, 0.3) is 0 Å². The maximum Gasteiger partial charge on any atom is 0.143 e. The standard InChI is InChI=1S/C15H21BrO2/c1-13(2)12(16)10(17)6-9-7-14(3)4-5-15(9,13)8-11(14)18/h7,10,12,17H,4-6,8H2,1-3H3. The predicted molar refractivity (Wildman–Crippen MR) is 74.6 cm³/mol. The number of carbonyl (C=O) groups excluding carboxylic acids is 1. The number of hydrogen-bond donors (Lipinski definition) is 1. The van der Waals surface area contributed by atoms with Gasteiger partial charge in [-0.3, -0.25) is 4.79 Å². The molecule has 3 heteroatoms. The molecule has 4 aliphatic carbocycles. The highest BCUT2D eigenvalue weighted by Crippen LogP contribution is 2.66. The van der Waals surface area contributed by atoms with Gasteiger partial charge in [-0.2, -0.15) is 0 Å². The number of aliphatic hydroxyl groups excluding tert-OH is 1. The van der Waals surface area contributed by atoms with Gasteiger partial charge in [0.2, 0.25) is 0 Å². The number of alkyl halides is 1. The second-order valence-electron chi connectivity index (χ2n) is 7.16. The average molecular weight is 313 g/mol. The van der Waals surface area contributed by atoms with Crippen molar-refractivity contribution in [2.75, 3.05) is 0 Å². The van der Waals surface area contributed by atoms with Crippen molar-refractivity contribution in [1.82, 2.24) is 0 Å². The number of ketones is 1. The van der Waals surface area contributed by atoms with E-state index in [1.807, 2.05) is 0 Å². The zero-order valence-corrected chi connectivity index (χ0v) is 12.9. The van der Waals surface area contributed by atoms with E-state index in [0.717, 1.165) is 19.3 Å². The van der Waals surface area contributed by atoms with E-state index in [1.165, 1.54) is 5.57 Å². The lowest BCUT2D eigenvalue weighted by Crippen LogP contribution is -2.60. The van der Waals surface area contributed by atoms with Crippen LogP contribution in [0, 0.1) is 16.2 Å². The van der Waals surface area contributed by atoms with E-state index in [2.05, 4.69) is 42.8 Å². The highest BCUT2D eigenvalue weighted by molar-refractivity contribution is 9.09. The van der Waals surface area contributed by atoms with Gasteiger partial charge in [0.1, 0.15) is 5.78 Å². The SMILES string of the molecule is CC12C=C3CC(O)C(Br)C(C)(C)C3(CC1)CC2=O. The molecule has 0 heterocycles. The fourth-order valence-electron chi connectivity index (χ4n) is 4.42. The van der Waals surface area contributed by atoms with Crippen molar-refractivity contribution in [2.24, 2.45) is 16.2 Å². The van der Waals surface area contributed by atoms with E-state index < -0.39 is 0 Å². The number of halogens is 1. The van der Waals surface area contributed by atoms with Crippen LogP contribution in [0.2, 0.25) is 0 Å². The largest absolute Gasteiger partial charge is 0.392 e. The van der Waals surface area contributed by atoms with Crippen LogP contribution in [-0.4, -0.2) is 21.8 Å². The lowest BCUT2D eigenvalue weighted by atomic mass is 9.43. The first-order valence-corrected chi connectivity index (χ1v) is 7.72. The number of aliphatic hydroxyl groups is 1. The van der Waals surface area contributed by atoms with E-state index >= 15 is 0 Å². The lowest BCUT2D eigenvalue weighted by Gasteiger charge is -2.62. The molecule has 2 bridgehead atoms. The van der Waals surface area contributed by atoms with Crippen LogP contribution in [0.1, 0.15) is 46.5 Å². The second-order valence-corrected chi connectivity index (χ2v) is 8.15. The van der Waals surface area contributed by atoms with Crippen LogP contribution in [-0.2, 0) is 4.79 Å². The maximum absolute atomic E-state index is 12.4. The van der Waals surface area contributed by atoms with Gasteiger partial charge in [0.05, 0.1) is 6.10 Å². The Morgan fingerprint density at radius 1 is 1.33 bits per heavy atom. The van der Waals surface area contributed by atoms with Crippen molar-refractivity contribution >= 4 is 21.7 Å². The Bertz CT molecular complexity index is 453. The Kier molecular flexibility index (Phi) is 2.49. The average Bonchev–Trinajstić information content (AvgIpc) is 2.28. The van der Waals surface area contributed by atoms with Gasteiger partial charge in [-0.15, -0.1) is 0 Å². The third kappa shape index (κ3) is 1.30. The molecule has 4 atom stereocenters. The molecule has 18 heavy (non-hydrogen) atoms. The summed E-state index contributed by atoms with van der Waals surface area (Å²) in [6.45, 7) is 6.46. The predicted octanol–water partition coefficient (Wildman–Crippen LogP) is 3.23. The van der Waals surface area contributed by atoms with Crippen LogP contribution < -0.4 is 0 Å². The highest BCUT2D eigenvalue weighted by Gasteiger charge is 2.63. The van der Waals surface area contributed by atoms with Crippen LogP contribution in [0.5, 0.6) is 0 Å². The van der Waals surface area contributed by atoms with Crippen molar-refractivity contribution in [3.8, 4) is 0 Å². The molecule has 2 fully saturated rings. The van der Waals surface area contributed by atoms with Crippen LogP contribution in [0.3, 0.4) is 0 Å². The summed E-state index contributed by atoms with van der Waals surface area (Å²) in [4.78, 5) is 12.4. The van der Waals surface area contributed by atoms with E-state index in [-0.39, 0.29) is 27.2 Å². The molecule has 0 amide bonds. The maximum atomic E-state index is 12.4. The first kappa shape index (κ1) is 12.9. The summed E-state index contributed by atoms with van der Waals surface area (Å²) in [5.41, 5.74) is 0.985. The highest BCUT2D eigenvalue weighted by atomic mass is 79.9. The monoisotopic (exact) mass is 312 g/mol. The van der Waals surface area contributed by atoms with Crippen molar-refractivity contribution in [3.63, 3.8) is 0 Å². The minimum atomic E-state index is -0.338. The van der Waals surface area contributed by atoms with Gasteiger partial charge in [0, 0.05) is 22.1 Å². The van der Waals surface area contributed by atoms with Crippen molar-refractivity contribution < 1.29 is 9.90 Å². The first-order valence-electron chi connectivity index (χ1n) is 6.81. The number of Topliss-reactive ketones (excluding diaryl/α,β-unsaturated/α-hetero) is 1. The number of rotatable bonds is 0. The summed E-state index contributed by atoms with van der Waals surface area (Å²) >= 11 is 3.68. The molecule has 2 saturated carbocycles. The Morgan fingerprint density at radius 3 is 2.61 bits per heavy atom. The Hall–Kier alpha value is -0.150. The fraction of sp³-hybridized carbons (Fsp3) is 0.800. The first-order chi connectivity index (χ1) is 8.23. The van der Waals surface area contributed by atoms with Gasteiger partial charge >= 0.3 is 0 Å². The topological polar surface area (TPSA) is 37.3 Å². The molecule has 100 valence electrons. The molecule has 0 saturated heterocycles. The molecule has 0 aromatic carbocycles. The molecule has 4 unspecified atom stereocenters. The summed E-state index contributed by atoms with van der Waals surface area (Å²) in [7, 11) is 0. The van der Waals surface area contributed by atoms with Crippen LogP contribution in [0.15, 0.2) is 11.6 Å². The third-order valence-corrected chi connectivity index (χ3v) is 7.72. The molecule has 1 N–H and O–H groups in total. The van der Waals surface area contributed by atoms with E-state index in [9.17, 15) is 9.90 Å². The van der Waals surface area contributed by atoms with Crippen molar-refractivity contribution in [2.45, 2.75) is 57.4 Å². The van der Waals surface area contributed by atoms with Crippen LogP contribution >= 0.6 is 15.9 Å². The molecule has 1 spiro atoms. The minimum absolute atomic E-state index is 0.0186. The Labute approximate surface area is 117 Å². The summed E-state index contributed by atoms with van der Waals surface area (Å²) in [5.74, 6) is 0.390. The Morgan fingerprint density at radius 2 is 2.00 bits per heavy atom. The van der Waals surface area contributed by atoms with Gasteiger partial charge in [0.15, 0.2) is 0 Å². The molecule has 0 radical (unpaired) electrons. The zero-order valence-electron chi connectivity index (χ0n) is 11.3. The molecule has 2 nitrogen and oxygen atoms in total. The zero-order chi connectivity index (χ0) is 13.3. The van der Waals surface area contributed by atoms with Gasteiger partial charge in [0.25, 0.3) is 0 Å². The normalized spacial score (nSPS) is 49.8. The third-order valence-electron chi connectivity index (χ3n) is 5.97.